The van der Waals surface area contributed by atoms with Crippen LogP contribution < -0.4 is 4.89 Å². The molecule has 0 atom stereocenters. The number of benzene rings is 1. The zero-order chi connectivity index (χ0) is 8.27. The van der Waals surface area contributed by atoms with Crippen LogP contribution in [0.3, 0.4) is 0 Å². The summed E-state index contributed by atoms with van der Waals surface area (Å²) >= 11 is 0. The molecule has 1 aromatic rings. The maximum atomic E-state index is 10.2. The van der Waals surface area contributed by atoms with Crippen LogP contribution in [0, 0.1) is 0 Å². The van der Waals surface area contributed by atoms with E-state index in [2.05, 4.69) is 4.89 Å². The van der Waals surface area contributed by atoms with Gasteiger partial charge in [-0.3, -0.25) is 4.79 Å². The molecule has 0 heterocycles. The molecule has 0 spiro atoms. The molecule has 4 heteroatoms. The van der Waals surface area contributed by atoms with Gasteiger partial charge in [0.15, 0.2) is 12.0 Å². The van der Waals surface area contributed by atoms with Crippen molar-refractivity contribution in [3.63, 3.8) is 0 Å². The van der Waals surface area contributed by atoms with Crippen LogP contribution in [0.2, 0.25) is 0 Å². The van der Waals surface area contributed by atoms with Gasteiger partial charge >= 0.3 is 0 Å². The first-order valence-electron chi connectivity index (χ1n) is 2.88. The van der Waals surface area contributed by atoms with E-state index < -0.39 is 0 Å². The lowest BCUT2D eigenvalue weighted by molar-refractivity contribution is -0.139. The standard InChI is InChI=1S/C7H6O4/c8-4-5-2-1-3-6(9)7(5)11-10/h1-4,9-10H. The molecule has 4 nitrogen and oxygen atoms in total. The second-order valence-corrected chi connectivity index (χ2v) is 1.90. The predicted octanol–water partition coefficient (Wildman–Crippen LogP) is 1.06. The van der Waals surface area contributed by atoms with Crippen LogP contribution in [0.1, 0.15) is 10.4 Å². The van der Waals surface area contributed by atoms with E-state index in [0.717, 1.165) is 0 Å². The minimum atomic E-state index is -0.267. The molecule has 0 bridgehead atoms. The number of aromatic hydroxyl groups is 1. The zero-order valence-corrected chi connectivity index (χ0v) is 5.52. The first-order chi connectivity index (χ1) is 5.29. The third-order valence-electron chi connectivity index (χ3n) is 1.24. The van der Waals surface area contributed by atoms with E-state index in [9.17, 15) is 4.79 Å². The number of para-hydroxylation sites is 1. The van der Waals surface area contributed by atoms with Gasteiger partial charge in [0.05, 0.1) is 5.56 Å². The molecule has 0 aliphatic rings. The van der Waals surface area contributed by atoms with Gasteiger partial charge in [-0.15, -0.1) is 0 Å². The van der Waals surface area contributed by atoms with E-state index in [-0.39, 0.29) is 17.1 Å². The minimum Gasteiger partial charge on any atom is -0.504 e. The van der Waals surface area contributed by atoms with Crippen LogP contribution in [-0.2, 0) is 0 Å². The normalized spacial score (nSPS) is 9.18. The van der Waals surface area contributed by atoms with Crippen molar-refractivity contribution in [3.8, 4) is 11.5 Å². The Balaban J connectivity index is 3.23. The van der Waals surface area contributed by atoms with Gasteiger partial charge in [0, 0.05) is 0 Å². The Morgan fingerprint density at radius 2 is 2.18 bits per heavy atom. The fourth-order valence-corrected chi connectivity index (χ4v) is 0.734. The molecule has 0 fully saturated rings. The average molecular weight is 154 g/mol. The summed E-state index contributed by atoms with van der Waals surface area (Å²) in [6, 6.07) is 4.19. The van der Waals surface area contributed by atoms with Gasteiger partial charge in [0.2, 0.25) is 5.75 Å². The number of carbonyl (C=O) groups excluding carboxylic acids is 1. The molecule has 0 saturated carbocycles. The molecule has 0 unspecified atom stereocenters. The van der Waals surface area contributed by atoms with Gasteiger partial charge in [-0.05, 0) is 12.1 Å². The molecule has 0 radical (unpaired) electrons. The van der Waals surface area contributed by atoms with E-state index in [1.165, 1.54) is 18.2 Å². The highest BCUT2D eigenvalue weighted by atomic mass is 17.1. The Labute approximate surface area is 62.6 Å². The van der Waals surface area contributed by atoms with Gasteiger partial charge < -0.3 is 9.99 Å². The maximum absolute atomic E-state index is 10.2. The van der Waals surface area contributed by atoms with E-state index in [1.54, 1.807) is 0 Å². The van der Waals surface area contributed by atoms with Crippen molar-refractivity contribution in [2.45, 2.75) is 0 Å². The van der Waals surface area contributed by atoms with E-state index in [4.69, 9.17) is 10.4 Å². The molecule has 0 aliphatic carbocycles. The fourth-order valence-electron chi connectivity index (χ4n) is 0.734. The average Bonchev–Trinajstić information content (AvgIpc) is 2.04. The van der Waals surface area contributed by atoms with Crippen LogP contribution in [0.25, 0.3) is 0 Å². The highest BCUT2D eigenvalue weighted by Crippen LogP contribution is 2.27. The third kappa shape index (κ3) is 1.30. The van der Waals surface area contributed by atoms with Crippen molar-refractivity contribution in [3.05, 3.63) is 23.8 Å². The number of rotatable bonds is 2. The van der Waals surface area contributed by atoms with Crippen LogP contribution in [0.15, 0.2) is 18.2 Å². The second kappa shape index (κ2) is 3.03. The first-order valence-corrected chi connectivity index (χ1v) is 2.88. The predicted molar refractivity (Wildman–Crippen MR) is 36.8 cm³/mol. The van der Waals surface area contributed by atoms with Crippen molar-refractivity contribution in [1.82, 2.24) is 0 Å². The molecule has 0 aliphatic heterocycles. The monoisotopic (exact) mass is 154 g/mol. The number of phenolic OH excluding ortho intramolecular Hbond substituents is 1. The largest absolute Gasteiger partial charge is 0.504 e. The van der Waals surface area contributed by atoms with Crippen LogP contribution >= 0.6 is 0 Å². The van der Waals surface area contributed by atoms with Gasteiger partial charge in [0.25, 0.3) is 0 Å². The van der Waals surface area contributed by atoms with E-state index in [1.807, 2.05) is 0 Å². The number of phenols is 1. The topological polar surface area (TPSA) is 66.8 Å². The molecule has 0 aromatic heterocycles. The Bertz CT molecular complexity index is 269. The van der Waals surface area contributed by atoms with Gasteiger partial charge in [0.1, 0.15) is 0 Å². The number of hydrogen-bond donors (Lipinski definition) is 2. The number of carbonyl (C=O) groups is 1. The lowest BCUT2D eigenvalue weighted by Crippen LogP contribution is -1.90. The fraction of sp³-hybridized carbons (Fsp3) is 0. The highest BCUT2D eigenvalue weighted by Gasteiger charge is 2.07. The molecule has 2 N–H and O–H groups in total. The Kier molecular flexibility index (Phi) is 2.08. The van der Waals surface area contributed by atoms with Crippen molar-refractivity contribution in [2.75, 3.05) is 0 Å². The SMILES string of the molecule is O=Cc1cccc(O)c1OO. The first kappa shape index (κ1) is 7.56. The highest BCUT2D eigenvalue weighted by molar-refractivity contribution is 5.80. The third-order valence-corrected chi connectivity index (χ3v) is 1.24. The summed E-state index contributed by atoms with van der Waals surface area (Å²) in [5, 5.41) is 17.2. The van der Waals surface area contributed by atoms with Gasteiger partial charge in [-0.1, -0.05) is 6.07 Å². The Morgan fingerprint density at radius 3 is 2.64 bits per heavy atom. The molecular formula is C7H6O4. The number of hydrogen-bond acceptors (Lipinski definition) is 4. The quantitative estimate of drug-likeness (QED) is 0.379. The maximum Gasteiger partial charge on any atom is 0.217 e. The van der Waals surface area contributed by atoms with Crippen molar-refractivity contribution < 1.29 is 20.0 Å². The van der Waals surface area contributed by atoms with Gasteiger partial charge in [-0.25, -0.2) is 5.26 Å². The van der Waals surface area contributed by atoms with Crippen molar-refractivity contribution >= 4 is 6.29 Å². The summed E-state index contributed by atoms with van der Waals surface area (Å²) in [7, 11) is 0. The second-order valence-electron chi connectivity index (χ2n) is 1.90. The summed E-state index contributed by atoms with van der Waals surface area (Å²) in [5.41, 5.74) is 0.104. The van der Waals surface area contributed by atoms with Crippen molar-refractivity contribution in [2.24, 2.45) is 0 Å². The Hall–Kier alpha value is -1.55. The van der Waals surface area contributed by atoms with E-state index in [0.29, 0.717) is 6.29 Å². The summed E-state index contributed by atoms with van der Waals surface area (Å²) in [6.07, 6.45) is 0.477. The lowest BCUT2D eigenvalue weighted by Gasteiger charge is -2.01. The smallest absolute Gasteiger partial charge is 0.217 e. The van der Waals surface area contributed by atoms with Gasteiger partial charge in [-0.2, -0.15) is 0 Å². The molecule has 0 amide bonds. The van der Waals surface area contributed by atoms with Crippen LogP contribution in [0.4, 0.5) is 0 Å². The number of aldehydes is 1. The summed E-state index contributed by atoms with van der Waals surface area (Å²) in [5.74, 6) is -0.486. The minimum absolute atomic E-state index is 0.104. The summed E-state index contributed by atoms with van der Waals surface area (Å²) in [6.45, 7) is 0. The summed E-state index contributed by atoms with van der Waals surface area (Å²) < 4.78 is 0. The van der Waals surface area contributed by atoms with Crippen LogP contribution in [0.5, 0.6) is 11.5 Å². The van der Waals surface area contributed by atoms with Crippen LogP contribution in [-0.4, -0.2) is 16.6 Å². The van der Waals surface area contributed by atoms with Crippen molar-refractivity contribution in [1.29, 1.82) is 0 Å². The molecule has 0 saturated heterocycles. The molecule has 11 heavy (non-hydrogen) atoms. The summed E-state index contributed by atoms with van der Waals surface area (Å²) in [4.78, 5) is 14.0. The Morgan fingerprint density at radius 1 is 1.45 bits per heavy atom. The lowest BCUT2D eigenvalue weighted by atomic mass is 10.2. The molecule has 58 valence electrons. The zero-order valence-electron chi connectivity index (χ0n) is 5.52. The molecule has 1 rings (SSSR count). The molecule has 1 aromatic carbocycles. The molecular weight excluding hydrogens is 148 g/mol. The van der Waals surface area contributed by atoms with E-state index >= 15 is 0 Å².